The standard InChI is InChI=1S/C22H22N2/c1-4-10-17(11-5-1)20-16-23-21(18-12-6-2-7-13-18)22(24-20)19-14-8-3-9-15-19/h1-15,20-24H,16H2. The zero-order valence-electron chi connectivity index (χ0n) is 13.6. The first-order chi connectivity index (χ1) is 11.9. The SMILES string of the molecule is c1ccc(C2CNC(c3ccccc3)C(c3ccccc3)N2)cc1. The average Bonchev–Trinajstić information content (AvgIpc) is 2.69. The van der Waals surface area contributed by atoms with Gasteiger partial charge in [-0.25, -0.2) is 0 Å². The van der Waals surface area contributed by atoms with Gasteiger partial charge < -0.3 is 10.6 Å². The average molecular weight is 314 g/mol. The molecule has 3 aromatic carbocycles. The van der Waals surface area contributed by atoms with Gasteiger partial charge in [0, 0.05) is 12.6 Å². The minimum absolute atomic E-state index is 0.243. The number of benzene rings is 3. The lowest BCUT2D eigenvalue weighted by molar-refractivity contribution is 0.275. The molecule has 1 aliphatic heterocycles. The Bertz CT molecular complexity index is 756. The van der Waals surface area contributed by atoms with Crippen LogP contribution in [0.1, 0.15) is 34.8 Å². The Morgan fingerprint density at radius 2 is 1.00 bits per heavy atom. The largest absolute Gasteiger partial charge is 0.306 e. The molecule has 4 rings (SSSR count). The smallest absolute Gasteiger partial charge is 0.0523 e. The van der Waals surface area contributed by atoms with Crippen molar-refractivity contribution in [3.63, 3.8) is 0 Å². The Morgan fingerprint density at radius 1 is 0.542 bits per heavy atom. The normalized spacial score (nSPS) is 23.8. The molecule has 3 aromatic rings. The van der Waals surface area contributed by atoms with Crippen LogP contribution < -0.4 is 10.6 Å². The number of nitrogens with one attached hydrogen (secondary N) is 2. The summed E-state index contributed by atoms with van der Waals surface area (Å²) in [6.45, 7) is 0.924. The van der Waals surface area contributed by atoms with Gasteiger partial charge >= 0.3 is 0 Å². The minimum Gasteiger partial charge on any atom is -0.306 e. The molecule has 0 saturated carbocycles. The predicted molar refractivity (Wildman–Crippen MR) is 98.7 cm³/mol. The van der Waals surface area contributed by atoms with E-state index in [4.69, 9.17) is 0 Å². The number of hydrogen-bond donors (Lipinski definition) is 2. The van der Waals surface area contributed by atoms with Crippen LogP contribution in [0.15, 0.2) is 91.0 Å². The van der Waals surface area contributed by atoms with E-state index in [1.165, 1.54) is 16.7 Å². The summed E-state index contributed by atoms with van der Waals surface area (Å²) in [5.74, 6) is 0. The lowest BCUT2D eigenvalue weighted by Crippen LogP contribution is -2.47. The van der Waals surface area contributed by atoms with Crippen molar-refractivity contribution >= 4 is 0 Å². The second-order valence-electron chi connectivity index (χ2n) is 6.31. The fourth-order valence-corrected chi connectivity index (χ4v) is 3.55. The molecule has 1 aliphatic rings. The monoisotopic (exact) mass is 314 g/mol. The third-order valence-electron chi connectivity index (χ3n) is 4.78. The summed E-state index contributed by atoms with van der Waals surface area (Å²) in [6, 6.07) is 33.0. The summed E-state index contributed by atoms with van der Waals surface area (Å²) < 4.78 is 0. The molecule has 3 atom stereocenters. The van der Waals surface area contributed by atoms with Crippen molar-refractivity contribution in [2.24, 2.45) is 0 Å². The Kier molecular flexibility index (Phi) is 4.41. The zero-order valence-corrected chi connectivity index (χ0v) is 13.6. The quantitative estimate of drug-likeness (QED) is 0.748. The number of rotatable bonds is 3. The molecule has 0 bridgehead atoms. The fraction of sp³-hybridized carbons (Fsp3) is 0.182. The van der Waals surface area contributed by atoms with Crippen LogP contribution in [0.5, 0.6) is 0 Å². The lowest BCUT2D eigenvalue weighted by atomic mass is 9.89. The van der Waals surface area contributed by atoms with Crippen molar-refractivity contribution in [3.8, 4) is 0 Å². The van der Waals surface area contributed by atoms with Gasteiger partial charge in [0.05, 0.1) is 12.1 Å². The highest BCUT2D eigenvalue weighted by Crippen LogP contribution is 2.34. The molecular weight excluding hydrogens is 292 g/mol. The van der Waals surface area contributed by atoms with Crippen molar-refractivity contribution in [3.05, 3.63) is 108 Å². The molecule has 0 radical (unpaired) electrons. The van der Waals surface area contributed by atoms with Crippen LogP contribution in [0.25, 0.3) is 0 Å². The number of hydrogen-bond acceptors (Lipinski definition) is 2. The van der Waals surface area contributed by atoms with E-state index < -0.39 is 0 Å². The first kappa shape index (κ1) is 15.1. The molecule has 0 amide bonds. The van der Waals surface area contributed by atoms with Gasteiger partial charge in [-0.15, -0.1) is 0 Å². The van der Waals surface area contributed by atoms with Gasteiger partial charge in [0.25, 0.3) is 0 Å². The third kappa shape index (κ3) is 3.12. The van der Waals surface area contributed by atoms with E-state index in [1.807, 2.05) is 0 Å². The molecule has 1 heterocycles. The van der Waals surface area contributed by atoms with Gasteiger partial charge in [0.1, 0.15) is 0 Å². The molecule has 2 heteroatoms. The van der Waals surface area contributed by atoms with Gasteiger partial charge in [-0.2, -0.15) is 0 Å². The molecule has 2 N–H and O–H groups in total. The van der Waals surface area contributed by atoms with Crippen molar-refractivity contribution in [1.82, 2.24) is 10.6 Å². The molecule has 2 nitrogen and oxygen atoms in total. The van der Waals surface area contributed by atoms with Crippen LogP contribution in [-0.4, -0.2) is 6.54 Å². The van der Waals surface area contributed by atoms with Crippen LogP contribution in [0.4, 0.5) is 0 Å². The maximum atomic E-state index is 3.87. The van der Waals surface area contributed by atoms with Gasteiger partial charge in [-0.05, 0) is 16.7 Å². The highest BCUT2D eigenvalue weighted by atomic mass is 15.1. The summed E-state index contributed by atoms with van der Waals surface area (Å²) in [7, 11) is 0. The summed E-state index contributed by atoms with van der Waals surface area (Å²) in [4.78, 5) is 0. The summed E-state index contributed by atoms with van der Waals surface area (Å²) >= 11 is 0. The minimum atomic E-state index is 0.243. The molecule has 0 aromatic heterocycles. The van der Waals surface area contributed by atoms with E-state index in [1.54, 1.807) is 0 Å². The molecule has 0 spiro atoms. The summed E-state index contributed by atoms with van der Waals surface area (Å²) in [6.07, 6.45) is 0. The van der Waals surface area contributed by atoms with Crippen LogP contribution in [0.2, 0.25) is 0 Å². The molecule has 0 aliphatic carbocycles. The van der Waals surface area contributed by atoms with Crippen molar-refractivity contribution in [1.29, 1.82) is 0 Å². The number of piperazine rings is 1. The van der Waals surface area contributed by atoms with Crippen molar-refractivity contribution in [2.75, 3.05) is 6.54 Å². The lowest BCUT2D eigenvalue weighted by Gasteiger charge is -2.39. The molecule has 1 fully saturated rings. The van der Waals surface area contributed by atoms with Crippen LogP contribution in [-0.2, 0) is 0 Å². The Morgan fingerprint density at radius 3 is 1.54 bits per heavy atom. The first-order valence-electron chi connectivity index (χ1n) is 8.56. The maximum absolute atomic E-state index is 3.87. The van der Waals surface area contributed by atoms with Gasteiger partial charge in [-0.3, -0.25) is 0 Å². The maximum Gasteiger partial charge on any atom is 0.0523 e. The predicted octanol–water partition coefficient (Wildman–Crippen LogP) is 4.40. The molecule has 1 saturated heterocycles. The van der Waals surface area contributed by atoms with Gasteiger partial charge in [0.15, 0.2) is 0 Å². The topological polar surface area (TPSA) is 24.1 Å². The fourth-order valence-electron chi connectivity index (χ4n) is 3.55. The van der Waals surface area contributed by atoms with E-state index in [-0.39, 0.29) is 12.1 Å². The van der Waals surface area contributed by atoms with Crippen molar-refractivity contribution < 1.29 is 0 Å². The first-order valence-corrected chi connectivity index (χ1v) is 8.56. The highest BCUT2D eigenvalue weighted by Gasteiger charge is 2.32. The van der Waals surface area contributed by atoms with Crippen LogP contribution in [0.3, 0.4) is 0 Å². The summed E-state index contributed by atoms with van der Waals surface area (Å²) in [5.41, 5.74) is 3.97. The van der Waals surface area contributed by atoms with Gasteiger partial charge in [0.2, 0.25) is 0 Å². The molecule has 3 unspecified atom stereocenters. The Balaban J connectivity index is 1.67. The zero-order chi connectivity index (χ0) is 16.2. The highest BCUT2D eigenvalue weighted by molar-refractivity contribution is 5.30. The van der Waals surface area contributed by atoms with E-state index in [0.717, 1.165) is 6.54 Å². The molecule has 24 heavy (non-hydrogen) atoms. The van der Waals surface area contributed by atoms with E-state index in [9.17, 15) is 0 Å². The molecule has 120 valence electrons. The van der Waals surface area contributed by atoms with E-state index >= 15 is 0 Å². The van der Waals surface area contributed by atoms with Gasteiger partial charge in [-0.1, -0.05) is 91.0 Å². The third-order valence-corrected chi connectivity index (χ3v) is 4.78. The molecular formula is C22H22N2. The Labute approximate surface area is 143 Å². The van der Waals surface area contributed by atoms with E-state index in [0.29, 0.717) is 6.04 Å². The Hall–Kier alpha value is -2.42. The van der Waals surface area contributed by atoms with Crippen molar-refractivity contribution in [2.45, 2.75) is 18.1 Å². The van der Waals surface area contributed by atoms with Crippen LogP contribution >= 0.6 is 0 Å². The second-order valence-corrected chi connectivity index (χ2v) is 6.31. The van der Waals surface area contributed by atoms with Crippen LogP contribution in [0, 0.1) is 0 Å². The second kappa shape index (κ2) is 7.00. The summed E-state index contributed by atoms with van der Waals surface area (Å²) in [5, 5.41) is 7.64. The van der Waals surface area contributed by atoms with E-state index in [2.05, 4.69) is 102 Å².